The minimum atomic E-state index is 0.524. The third-order valence-electron chi connectivity index (χ3n) is 11.7. The number of aromatic nitrogens is 5. The van der Waals surface area contributed by atoms with Crippen molar-refractivity contribution >= 4 is 43.7 Å². The van der Waals surface area contributed by atoms with Crippen LogP contribution in [0.1, 0.15) is 0 Å². The summed E-state index contributed by atoms with van der Waals surface area (Å²) in [5, 5.41) is 4.27. The molecule has 6 heteroatoms. The summed E-state index contributed by atoms with van der Waals surface area (Å²) in [4.78, 5) is 20.9. The van der Waals surface area contributed by atoms with Crippen molar-refractivity contribution in [1.82, 2.24) is 24.5 Å². The summed E-state index contributed by atoms with van der Waals surface area (Å²) in [6.45, 7) is 0. The number of nitrogens with zero attached hydrogens (tertiary/aromatic N) is 5. The smallest absolute Gasteiger partial charge is 0.166 e. The summed E-state index contributed by atoms with van der Waals surface area (Å²) in [6, 6.07) is 71.1. The van der Waals surface area contributed by atoms with Crippen LogP contribution in [0.2, 0.25) is 0 Å². The van der Waals surface area contributed by atoms with Crippen LogP contribution < -0.4 is 0 Å². The van der Waals surface area contributed by atoms with Crippen molar-refractivity contribution in [3.8, 4) is 73.4 Å². The molecule has 0 N–H and O–H groups in total. The summed E-state index contributed by atoms with van der Waals surface area (Å²) in [7, 11) is 0. The maximum absolute atomic E-state index is 6.77. The van der Waals surface area contributed by atoms with Crippen molar-refractivity contribution in [2.45, 2.75) is 0 Å². The molecule has 4 aromatic heterocycles. The van der Waals surface area contributed by atoms with E-state index in [2.05, 4.69) is 132 Å². The van der Waals surface area contributed by atoms with Crippen LogP contribution in [0.15, 0.2) is 217 Å². The molecule has 12 aromatic rings. The fourth-order valence-corrected chi connectivity index (χ4v) is 8.87. The molecular formula is C56H35N5O. The molecular weight excluding hydrogens is 759 g/mol. The Morgan fingerprint density at radius 3 is 1.61 bits per heavy atom. The Morgan fingerprint density at radius 1 is 0.355 bits per heavy atom. The molecule has 0 aliphatic heterocycles. The average Bonchev–Trinajstić information content (AvgIpc) is 3.89. The van der Waals surface area contributed by atoms with Crippen LogP contribution in [0.4, 0.5) is 0 Å². The maximum Gasteiger partial charge on any atom is 0.166 e. The second-order valence-corrected chi connectivity index (χ2v) is 15.4. The van der Waals surface area contributed by atoms with E-state index < -0.39 is 0 Å². The van der Waals surface area contributed by atoms with E-state index in [-0.39, 0.29) is 0 Å². The van der Waals surface area contributed by atoms with Gasteiger partial charge in [-0.25, -0.2) is 15.0 Å². The number of rotatable bonds is 7. The van der Waals surface area contributed by atoms with Gasteiger partial charge in [0.1, 0.15) is 11.2 Å². The SMILES string of the molecule is c1ccc(-c2nc(-c3ccccc3)nc(-c3cc(-c4ccccc4-c4ccccc4)cnc3-c3cccc4oc5cc6c7ccccc7n(-c7ccccc7)c6cc5c34)n2)cc1. The van der Waals surface area contributed by atoms with Gasteiger partial charge in [-0.05, 0) is 59.2 Å². The molecule has 8 aromatic carbocycles. The molecule has 0 aliphatic rings. The normalized spacial score (nSPS) is 11.5. The van der Waals surface area contributed by atoms with Crippen LogP contribution in [-0.4, -0.2) is 24.5 Å². The Balaban J connectivity index is 1.15. The van der Waals surface area contributed by atoms with Crippen LogP contribution in [-0.2, 0) is 0 Å². The first-order valence-electron chi connectivity index (χ1n) is 20.7. The zero-order valence-corrected chi connectivity index (χ0v) is 33.4. The summed E-state index contributed by atoms with van der Waals surface area (Å²) in [5.41, 5.74) is 13.4. The van der Waals surface area contributed by atoms with E-state index >= 15 is 0 Å². The molecule has 4 heterocycles. The van der Waals surface area contributed by atoms with Crippen LogP contribution in [0.5, 0.6) is 0 Å². The van der Waals surface area contributed by atoms with Gasteiger partial charge in [0.2, 0.25) is 0 Å². The van der Waals surface area contributed by atoms with E-state index in [0.717, 1.165) is 94.2 Å². The summed E-state index contributed by atoms with van der Waals surface area (Å²) < 4.78 is 9.11. The van der Waals surface area contributed by atoms with Gasteiger partial charge in [0.15, 0.2) is 17.5 Å². The van der Waals surface area contributed by atoms with Gasteiger partial charge in [-0.15, -0.1) is 0 Å². The number of pyridine rings is 1. The lowest BCUT2D eigenvalue weighted by Crippen LogP contribution is -2.02. The molecule has 0 atom stereocenters. The van der Waals surface area contributed by atoms with Crippen LogP contribution in [0, 0.1) is 0 Å². The molecule has 0 fully saturated rings. The molecule has 0 amide bonds. The fraction of sp³-hybridized carbons (Fsp3) is 0. The predicted octanol–water partition coefficient (Wildman–Crippen LogP) is 14.3. The van der Waals surface area contributed by atoms with Crippen molar-refractivity contribution < 1.29 is 4.42 Å². The lowest BCUT2D eigenvalue weighted by Gasteiger charge is -2.15. The highest BCUT2D eigenvalue weighted by atomic mass is 16.3. The van der Waals surface area contributed by atoms with Gasteiger partial charge in [-0.3, -0.25) is 4.98 Å². The van der Waals surface area contributed by atoms with Gasteiger partial charge in [0, 0.05) is 61.2 Å². The number of hydrogen-bond donors (Lipinski definition) is 0. The summed E-state index contributed by atoms with van der Waals surface area (Å²) >= 11 is 0. The third-order valence-corrected chi connectivity index (χ3v) is 11.7. The first kappa shape index (κ1) is 35.5. The van der Waals surface area contributed by atoms with Gasteiger partial charge < -0.3 is 8.98 Å². The van der Waals surface area contributed by atoms with Crippen LogP contribution in [0.25, 0.3) is 117 Å². The topological polar surface area (TPSA) is 69.6 Å². The van der Waals surface area contributed by atoms with Crippen molar-refractivity contribution in [2.75, 3.05) is 0 Å². The molecule has 0 saturated heterocycles. The van der Waals surface area contributed by atoms with Gasteiger partial charge in [-0.1, -0.05) is 164 Å². The number of benzene rings is 8. The first-order valence-corrected chi connectivity index (χ1v) is 20.7. The second kappa shape index (κ2) is 14.7. The molecule has 62 heavy (non-hydrogen) atoms. The van der Waals surface area contributed by atoms with E-state index in [1.165, 1.54) is 5.39 Å². The Morgan fingerprint density at radius 2 is 0.919 bits per heavy atom. The van der Waals surface area contributed by atoms with E-state index in [4.69, 9.17) is 24.4 Å². The zero-order chi connectivity index (χ0) is 41.0. The largest absolute Gasteiger partial charge is 0.456 e. The highest BCUT2D eigenvalue weighted by molar-refractivity contribution is 6.20. The van der Waals surface area contributed by atoms with Crippen LogP contribution in [0.3, 0.4) is 0 Å². The number of furan rings is 1. The summed E-state index contributed by atoms with van der Waals surface area (Å²) in [6.07, 6.45) is 1.98. The number of para-hydroxylation sites is 2. The lowest BCUT2D eigenvalue weighted by molar-refractivity contribution is 0.669. The first-order chi connectivity index (χ1) is 30.7. The quantitative estimate of drug-likeness (QED) is 0.161. The Labute approximate surface area is 357 Å². The molecule has 0 bridgehead atoms. The van der Waals surface area contributed by atoms with Gasteiger partial charge in [0.05, 0.1) is 16.7 Å². The van der Waals surface area contributed by atoms with Crippen LogP contribution >= 0.6 is 0 Å². The number of hydrogen-bond acceptors (Lipinski definition) is 5. The van der Waals surface area contributed by atoms with E-state index in [9.17, 15) is 0 Å². The molecule has 12 rings (SSSR count). The van der Waals surface area contributed by atoms with Crippen molar-refractivity contribution in [2.24, 2.45) is 0 Å². The lowest BCUT2D eigenvalue weighted by atomic mass is 9.93. The minimum Gasteiger partial charge on any atom is -0.456 e. The average molecular weight is 794 g/mol. The molecule has 0 unspecified atom stereocenters. The Bertz CT molecular complexity index is 3560. The van der Waals surface area contributed by atoms with E-state index in [1.54, 1.807) is 0 Å². The molecule has 290 valence electrons. The van der Waals surface area contributed by atoms with Gasteiger partial charge >= 0.3 is 0 Å². The molecule has 6 nitrogen and oxygen atoms in total. The zero-order valence-electron chi connectivity index (χ0n) is 33.4. The predicted molar refractivity (Wildman–Crippen MR) is 252 cm³/mol. The minimum absolute atomic E-state index is 0.524. The Kier molecular flexibility index (Phi) is 8.38. The highest BCUT2D eigenvalue weighted by Gasteiger charge is 2.23. The van der Waals surface area contributed by atoms with Crippen molar-refractivity contribution in [1.29, 1.82) is 0 Å². The molecule has 0 spiro atoms. The third kappa shape index (κ3) is 5.96. The van der Waals surface area contributed by atoms with E-state index in [0.29, 0.717) is 17.5 Å². The standard InChI is InChI=1S/C56H35N5O/c1-5-18-36(19-6-1)41-26-13-14-27-42(41)39-32-47(56-59-54(37-20-7-2-8-21-37)58-55(60-56)38-22-9-3-10-23-38)53(57-35-39)44-29-17-31-50-52(44)46-33-49-45(34-51(46)62-50)43-28-15-16-30-48(43)61(49)40-24-11-4-12-25-40/h1-35H. The second-order valence-electron chi connectivity index (χ2n) is 15.4. The molecule has 0 saturated carbocycles. The van der Waals surface area contributed by atoms with Gasteiger partial charge in [-0.2, -0.15) is 0 Å². The fourth-order valence-electron chi connectivity index (χ4n) is 8.87. The van der Waals surface area contributed by atoms with Gasteiger partial charge in [0.25, 0.3) is 0 Å². The Hall–Kier alpha value is -8.48. The van der Waals surface area contributed by atoms with Crippen molar-refractivity contribution in [3.63, 3.8) is 0 Å². The summed E-state index contributed by atoms with van der Waals surface area (Å²) in [5.74, 6) is 1.69. The molecule has 0 radical (unpaired) electrons. The maximum atomic E-state index is 6.77. The van der Waals surface area contributed by atoms with E-state index in [1.807, 2.05) is 85.1 Å². The molecule has 0 aliphatic carbocycles. The highest BCUT2D eigenvalue weighted by Crippen LogP contribution is 2.44. The number of fused-ring (bicyclic) bond motifs is 6. The van der Waals surface area contributed by atoms with Crippen molar-refractivity contribution in [3.05, 3.63) is 212 Å². The monoisotopic (exact) mass is 793 g/mol.